The van der Waals surface area contributed by atoms with Crippen LogP contribution in [0.3, 0.4) is 0 Å². The van der Waals surface area contributed by atoms with E-state index in [9.17, 15) is 27.5 Å². The van der Waals surface area contributed by atoms with Gasteiger partial charge in [-0.15, -0.1) is 0 Å². The molecule has 0 saturated carbocycles. The summed E-state index contributed by atoms with van der Waals surface area (Å²) in [5, 5.41) is 15.5. The zero-order chi connectivity index (χ0) is 20.3. The maximum Gasteiger partial charge on any atom is 0.417 e. The highest BCUT2D eigenvalue weighted by atomic mass is 19.4. The molecule has 0 aliphatic rings. The third-order valence-electron chi connectivity index (χ3n) is 3.65. The summed E-state index contributed by atoms with van der Waals surface area (Å²) in [5.74, 6) is -1.42. The van der Waals surface area contributed by atoms with Crippen molar-refractivity contribution in [2.75, 3.05) is 6.61 Å². The number of hydrogen-bond donors (Lipinski definition) is 2. The SMILES string of the molecule is O=C(NC(CO)c1nc(-c2ccc(C(F)(F)F)cn2)no1)c1ccc(F)cc1. The van der Waals surface area contributed by atoms with Gasteiger partial charge in [0.15, 0.2) is 0 Å². The van der Waals surface area contributed by atoms with Crippen LogP contribution in [0.1, 0.15) is 27.9 Å². The molecular formula is C17H12F4N4O3. The van der Waals surface area contributed by atoms with Crippen molar-refractivity contribution in [2.24, 2.45) is 0 Å². The fourth-order valence-corrected chi connectivity index (χ4v) is 2.20. The Labute approximate surface area is 155 Å². The Bertz CT molecular complexity index is 956. The minimum atomic E-state index is -4.53. The van der Waals surface area contributed by atoms with E-state index in [1.807, 2.05) is 0 Å². The lowest BCUT2D eigenvalue weighted by Crippen LogP contribution is -2.31. The van der Waals surface area contributed by atoms with Crippen molar-refractivity contribution in [1.29, 1.82) is 0 Å². The fourth-order valence-electron chi connectivity index (χ4n) is 2.20. The summed E-state index contributed by atoms with van der Waals surface area (Å²) in [5.41, 5.74) is -0.770. The van der Waals surface area contributed by atoms with Crippen LogP contribution in [-0.4, -0.2) is 32.7 Å². The molecule has 3 aromatic rings. The van der Waals surface area contributed by atoms with Crippen molar-refractivity contribution in [3.05, 3.63) is 65.4 Å². The quantitative estimate of drug-likeness (QED) is 0.643. The van der Waals surface area contributed by atoms with Crippen molar-refractivity contribution in [3.63, 3.8) is 0 Å². The lowest BCUT2D eigenvalue weighted by Gasteiger charge is -2.12. The Hall–Kier alpha value is -3.34. The number of nitrogens with zero attached hydrogens (tertiary/aromatic N) is 3. The van der Waals surface area contributed by atoms with Gasteiger partial charge in [0.1, 0.15) is 17.6 Å². The van der Waals surface area contributed by atoms with Gasteiger partial charge in [0, 0.05) is 11.8 Å². The predicted molar refractivity (Wildman–Crippen MR) is 86.2 cm³/mol. The molecule has 1 aromatic carbocycles. The number of rotatable bonds is 5. The molecule has 7 nitrogen and oxygen atoms in total. The molecule has 28 heavy (non-hydrogen) atoms. The predicted octanol–water partition coefficient (Wildman–Crippen LogP) is 2.75. The Kier molecular flexibility index (Phi) is 5.36. The number of aromatic nitrogens is 3. The third-order valence-corrected chi connectivity index (χ3v) is 3.65. The smallest absolute Gasteiger partial charge is 0.394 e. The topological polar surface area (TPSA) is 101 Å². The van der Waals surface area contributed by atoms with E-state index < -0.39 is 36.1 Å². The average Bonchev–Trinajstić information content (AvgIpc) is 3.16. The number of benzene rings is 1. The van der Waals surface area contributed by atoms with Crippen molar-refractivity contribution < 1.29 is 32.0 Å². The normalized spacial score (nSPS) is 12.6. The molecule has 1 atom stereocenters. The van der Waals surface area contributed by atoms with Gasteiger partial charge in [0.2, 0.25) is 5.82 Å². The molecular weight excluding hydrogens is 384 g/mol. The number of pyridine rings is 1. The molecule has 2 aromatic heterocycles. The van der Waals surface area contributed by atoms with E-state index in [1.54, 1.807) is 0 Å². The van der Waals surface area contributed by atoms with E-state index in [1.165, 1.54) is 12.1 Å². The fraction of sp³-hybridized carbons (Fsp3) is 0.176. The van der Waals surface area contributed by atoms with Crippen LogP contribution < -0.4 is 5.32 Å². The average molecular weight is 396 g/mol. The van der Waals surface area contributed by atoms with Crippen molar-refractivity contribution in [3.8, 4) is 11.5 Å². The van der Waals surface area contributed by atoms with Gasteiger partial charge in [-0.25, -0.2) is 4.39 Å². The lowest BCUT2D eigenvalue weighted by atomic mass is 10.2. The van der Waals surface area contributed by atoms with E-state index in [0.29, 0.717) is 6.20 Å². The molecule has 0 spiro atoms. The third kappa shape index (κ3) is 4.31. The van der Waals surface area contributed by atoms with Gasteiger partial charge < -0.3 is 14.9 Å². The number of nitrogens with one attached hydrogen (secondary N) is 1. The molecule has 3 rings (SSSR count). The lowest BCUT2D eigenvalue weighted by molar-refractivity contribution is -0.137. The van der Waals surface area contributed by atoms with Gasteiger partial charge in [0.25, 0.3) is 11.8 Å². The van der Waals surface area contributed by atoms with Gasteiger partial charge in [-0.3, -0.25) is 9.78 Å². The Morgan fingerprint density at radius 3 is 2.46 bits per heavy atom. The number of amides is 1. The maximum absolute atomic E-state index is 12.9. The monoisotopic (exact) mass is 396 g/mol. The first-order chi connectivity index (χ1) is 13.3. The van der Waals surface area contributed by atoms with Gasteiger partial charge in [-0.1, -0.05) is 5.16 Å². The number of halogens is 4. The molecule has 2 N–H and O–H groups in total. The van der Waals surface area contributed by atoms with Crippen LogP contribution in [0.15, 0.2) is 47.1 Å². The van der Waals surface area contributed by atoms with Crippen LogP contribution in [0.4, 0.5) is 17.6 Å². The number of alkyl halides is 3. The standard InChI is InChI=1S/C17H12F4N4O3/c18-11-4-1-9(2-5-11)15(27)23-13(8-26)16-24-14(25-28-16)12-6-3-10(7-22-12)17(19,20)21/h1-7,13,26H,8H2,(H,23,27). The van der Waals surface area contributed by atoms with E-state index in [2.05, 4.69) is 20.4 Å². The Morgan fingerprint density at radius 2 is 1.89 bits per heavy atom. The van der Waals surface area contributed by atoms with Crippen LogP contribution >= 0.6 is 0 Å². The molecule has 0 fully saturated rings. The molecule has 1 unspecified atom stereocenters. The molecule has 146 valence electrons. The largest absolute Gasteiger partial charge is 0.417 e. The highest BCUT2D eigenvalue weighted by Crippen LogP contribution is 2.29. The molecule has 0 radical (unpaired) electrons. The van der Waals surface area contributed by atoms with E-state index in [0.717, 1.165) is 24.3 Å². The maximum atomic E-state index is 12.9. The second-order valence-electron chi connectivity index (χ2n) is 5.60. The van der Waals surface area contributed by atoms with E-state index >= 15 is 0 Å². The molecule has 0 aliphatic heterocycles. The summed E-state index contributed by atoms with van der Waals surface area (Å²) in [7, 11) is 0. The first kappa shape index (κ1) is 19.4. The highest BCUT2D eigenvalue weighted by Gasteiger charge is 2.31. The summed E-state index contributed by atoms with van der Waals surface area (Å²) in [6.07, 6.45) is -3.90. The first-order valence-corrected chi connectivity index (χ1v) is 7.82. The van der Waals surface area contributed by atoms with Gasteiger partial charge in [-0.05, 0) is 36.4 Å². The second kappa shape index (κ2) is 7.72. The van der Waals surface area contributed by atoms with Crippen LogP contribution in [0.2, 0.25) is 0 Å². The highest BCUT2D eigenvalue weighted by molar-refractivity contribution is 5.94. The number of hydrogen-bond acceptors (Lipinski definition) is 6. The Morgan fingerprint density at radius 1 is 1.18 bits per heavy atom. The van der Waals surface area contributed by atoms with Crippen LogP contribution in [0.5, 0.6) is 0 Å². The molecule has 0 aliphatic carbocycles. The van der Waals surface area contributed by atoms with Crippen LogP contribution in [0, 0.1) is 5.82 Å². The van der Waals surface area contributed by atoms with Crippen molar-refractivity contribution >= 4 is 5.91 Å². The van der Waals surface area contributed by atoms with Crippen LogP contribution in [0.25, 0.3) is 11.5 Å². The van der Waals surface area contributed by atoms with Crippen LogP contribution in [-0.2, 0) is 6.18 Å². The molecule has 0 saturated heterocycles. The van der Waals surface area contributed by atoms with E-state index in [4.69, 9.17) is 4.52 Å². The van der Waals surface area contributed by atoms with E-state index in [-0.39, 0.29) is 23.0 Å². The summed E-state index contributed by atoms with van der Waals surface area (Å²) < 4.78 is 55.6. The molecule has 2 heterocycles. The zero-order valence-electron chi connectivity index (χ0n) is 13.9. The molecule has 11 heteroatoms. The van der Waals surface area contributed by atoms with Gasteiger partial charge in [0.05, 0.1) is 12.2 Å². The first-order valence-electron chi connectivity index (χ1n) is 7.82. The zero-order valence-corrected chi connectivity index (χ0v) is 13.9. The molecule has 1 amide bonds. The number of carbonyl (C=O) groups is 1. The van der Waals surface area contributed by atoms with Gasteiger partial charge >= 0.3 is 6.18 Å². The molecule has 0 bridgehead atoms. The summed E-state index contributed by atoms with van der Waals surface area (Å²) in [6, 6.07) is 5.53. The van der Waals surface area contributed by atoms with Crippen molar-refractivity contribution in [1.82, 2.24) is 20.4 Å². The summed E-state index contributed by atoms with van der Waals surface area (Å²) in [6.45, 7) is -0.588. The summed E-state index contributed by atoms with van der Waals surface area (Å²) in [4.78, 5) is 19.7. The van der Waals surface area contributed by atoms with Gasteiger partial charge in [-0.2, -0.15) is 18.2 Å². The minimum absolute atomic E-state index is 0.0181. The number of aliphatic hydroxyl groups is 1. The second-order valence-corrected chi connectivity index (χ2v) is 5.60. The Balaban J connectivity index is 1.75. The van der Waals surface area contributed by atoms with Crippen molar-refractivity contribution in [2.45, 2.75) is 12.2 Å². The number of carbonyl (C=O) groups excluding carboxylic acids is 1. The number of aliphatic hydroxyl groups excluding tert-OH is 1. The summed E-state index contributed by atoms with van der Waals surface area (Å²) >= 11 is 0. The minimum Gasteiger partial charge on any atom is -0.394 e.